The van der Waals surface area contributed by atoms with Crippen LogP contribution in [0.15, 0.2) is 17.1 Å². The molecule has 8 heteroatoms. The van der Waals surface area contributed by atoms with Crippen LogP contribution in [0.25, 0.3) is 0 Å². The first-order valence-corrected chi connectivity index (χ1v) is 6.82. The molecular formula is C10H15F3NO3S-. The Bertz CT molecular complexity index is 388. The van der Waals surface area contributed by atoms with Crippen molar-refractivity contribution >= 4 is 15.9 Å². The summed E-state index contributed by atoms with van der Waals surface area (Å²) < 4.78 is 58.9. The molecular weight excluding hydrogens is 271 g/mol. The van der Waals surface area contributed by atoms with Crippen molar-refractivity contribution in [2.24, 2.45) is 4.40 Å². The highest BCUT2D eigenvalue weighted by atomic mass is 32.2. The van der Waals surface area contributed by atoms with Crippen LogP contribution in [0, 0.1) is 0 Å². The first kappa shape index (κ1) is 16.9. The summed E-state index contributed by atoms with van der Waals surface area (Å²) in [5.74, 6) is -1.25. The Morgan fingerprint density at radius 3 is 2.28 bits per heavy atom. The summed E-state index contributed by atoms with van der Waals surface area (Å²) in [5.41, 5.74) is -5.51. The number of unbranched alkanes of at least 4 members (excludes halogenated alkanes) is 4. The fraction of sp³-hybridized carbons (Fsp3) is 0.700. The van der Waals surface area contributed by atoms with Gasteiger partial charge in [-0.1, -0.05) is 18.9 Å². The molecule has 0 fully saturated rings. The van der Waals surface area contributed by atoms with Crippen LogP contribution in [0.1, 0.15) is 38.5 Å². The summed E-state index contributed by atoms with van der Waals surface area (Å²) in [6.07, 6.45) is 4.95. The Labute approximate surface area is 104 Å². The fourth-order valence-corrected chi connectivity index (χ4v) is 1.61. The summed E-state index contributed by atoms with van der Waals surface area (Å²) >= 11 is 0. The smallest absolute Gasteiger partial charge is 0.518 e. The molecule has 0 amide bonds. The Morgan fingerprint density at radius 1 is 1.22 bits per heavy atom. The first-order chi connectivity index (χ1) is 8.20. The third-order valence-corrected chi connectivity index (χ3v) is 3.09. The Hall–Kier alpha value is -1.05. The third-order valence-electron chi connectivity index (χ3n) is 2.06. The van der Waals surface area contributed by atoms with E-state index in [1.165, 1.54) is 0 Å². The van der Waals surface area contributed by atoms with Crippen LogP contribution < -0.4 is 5.11 Å². The summed E-state index contributed by atoms with van der Waals surface area (Å²) in [5, 5.41) is 10.9. The van der Waals surface area contributed by atoms with Gasteiger partial charge in [0, 0.05) is 0 Å². The minimum Gasteiger partial charge on any atom is -0.861 e. The summed E-state index contributed by atoms with van der Waals surface area (Å²) in [6, 6.07) is 0. The molecule has 0 N–H and O–H groups in total. The summed E-state index contributed by atoms with van der Waals surface area (Å²) in [7, 11) is -5.69. The van der Waals surface area contributed by atoms with Crippen molar-refractivity contribution in [1.29, 1.82) is 0 Å². The van der Waals surface area contributed by atoms with E-state index < -0.39 is 21.4 Å². The van der Waals surface area contributed by atoms with E-state index in [1.54, 1.807) is 6.08 Å². The van der Waals surface area contributed by atoms with Crippen LogP contribution in [-0.4, -0.2) is 19.8 Å². The van der Waals surface area contributed by atoms with Gasteiger partial charge in [0.2, 0.25) is 0 Å². The van der Waals surface area contributed by atoms with Crippen LogP contribution in [0.2, 0.25) is 0 Å². The average molecular weight is 286 g/mol. The maximum Gasteiger partial charge on any atom is 0.518 e. The highest BCUT2D eigenvalue weighted by Gasteiger charge is 2.45. The molecule has 0 aliphatic carbocycles. The molecule has 18 heavy (non-hydrogen) atoms. The minimum atomic E-state index is -5.69. The molecule has 0 unspecified atom stereocenters. The Balaban J connectivity index is 4.10. The fourth-order valence-electron chi connectivity index (χ4n) is 1.15. The topological polar surface area (TPSA) is 69.6 Å². The molecule has 0 bridgehead atoms. The second kappa shape index (κ2) is 7.40. The normalized spacial score (nSPS) is 13.6. The van der Waals surface area contributed by atoms with Gasteiger partial charge in [0.25, 0.3) is 0 Å². The van der Waals surface area contributed by atoms with Gasteiger partial charge in [0.1, 0.15) is 0 Å². The zero-order valence-corrected chi connectivity index (χ0v) is 10.6. The lowest BCUT2D eigenvalue weighted by Crippen LogP contribution is -2.26. The minimum absolute atomic E-state index is 0.288. The number of rotatable bonds is 8. The molecule has 0 saturated carbocycles. The van der Waals surface area contributed by atoms with E-state index in [-0.39, 0.29) is 6.42 Å². The van der Waals surface area contributed by atoms with Gasteiger partial charge in [-0.3, -0.25) is 0 Å². The van der Waals surface area contributed by atoms with Gasteiger partial charge in [-0.25, -0.2) is 0 Å². The van der Waals surface area contributed by atoms with Crippen LogP contribution in [0.4, 0.5) is 13.2 Å². The van der Waals surface area contributed by atoms with Gasteiger partial charge in [-0.15, -0.1) is 6.58 Å². The number of nitrogens with zero attached hydrogens (tertiary/aromatic N) is 1. The molecule has 0 heterocycles. The lowest BCUT2D eigenvalue weighted by Gasteiger charge is -2.11. The van der Waals surface area contributed by atoms with Crippen LogP contribution >= 0.6 is 0 Å². The van der Waals surface area contributed by atoms with Crippen LogP contribution in [0.5, 0.6) is 0 Å². The predicted octanol–water partition coefficient (Wildman–Crippen LogP) is 2.12. The zero-order valence-electron chi connectivity index (χ0n) is 9.74. The highest BCUT2D eigenvalue weighted by Crippen LogP contribution is 2.24. The molecule has 106 valence electrons. The van der Waals surface area contributed by atoms with E-state index >= 15 is 0 Å². The second-order valence-electron chi connectivity index (χ2n) is 3.65. The maximum atomic E-state index is 11.9. The largest absolute Gasteiger partial charge is 0.861 e. The van der Waals surface area contributed by atoms with Crippen molar-refractivity contribution in [3.63, 3.8) is 0 Å². The van der Waals surface area contributed by atoms with E-state index in [0.29, 0.717) is 12.8 Å². The molecule has 0 radical (unpaired) electrons. The van der Waals surface area contributed by atoms with E-state index in [1.807, 2.05) is 0 Å². The maximum absolute atomic E-state index is 11.9. The molecule has 0 aromatic heterocycles. The molecule has 0 saturated heterocycles. The quantitative estimate of drug-likeness (QED) is 0.297. The van der Waals surface area contributed by atoms with Crippen molar-refractivity contribution in [2.45, 2.75) is 44.0 Å². The molecule has 0 aliphatic rings. The Kier molecular flexibility index (Phi) is 6.97. The standard InChI is InChI=1S/C10H16F3NO3S/c1-2-3-4-5-6-7-8-9(15)14-18(16,17)10(11,12)13/h2H,1,3-8H2,(H,14,15)/p-1. The highest BCUT2D eigenvalue weighted by molar-refractivity contribution is 7.91. The first-order valence-electron chi connectivity index (χ1n) is 5.38. The molecule has 0 atom stereocenters. The number of hydrogen-bond acceptors (Lipinski definition) is 3. The van der Waals surface area contributed by atoms with Crippen LogP contribution in [0.3, 0.4) is 0 Å². The van der Waals surface area contributed by atoms with Crippen molar-refractivity contribution in [3.8, 4) is 0 Å². The molecule has 0 aromatic carbocycles. The van der Waals surface area contributed by atoms with E-state index in [4.69, 9.17) is 0 Å². The predicted molar refractivity (Wildman–Crippen MR) is 60.3 cm³/mol. The lowest BCUT2D eigenvalue weighted by molar-refractivity contribution is -0.218. The Morgan fingerprint density at radius 2 is 1.78 bits per heavy atom. The van der Waals surface area contributed by atoms with Gasteiger partial charge < -0.3 is 5.11 Å². The number of allylic oxidation sites excluding steroid dienone is 1. The monoisotopic (exact) mass is 286 g/mol. The van der Waals surface area contributed by atoms with Crippen molar-refractivity contribution in [1.82, 2.24) is 0 Å². The lowest BCUT2D eigenvalue weighted by atomic mass is 10.1. The van der Waals surface area contributed by atoms with Crippen molar-refractivity contribution in [2.75, 3.05) is 0 Å². The average Bonchev–Trinajstić information content (AvgIpc) is 2.20. The third kappa shape index (κ3) is 6.63. The number of halogens is 3. The van der Waals surface area contributed by atoms with E-state index in [9.17, 15) is 26.7 Å². The molecule has 0 aromatic rings. The van der Waals surface area contributed by atoms with Crippen LogP contribution in [-0.2, 0) is 10.0 Å². The van der Waals surface area contributed by atoms with Crippen molar-refractivity contribution in [3.05, 3.63) is 12.7 Å². The van der Waals surface area contributed by atoms with Gasteiger partial charge in [0.05, 0.1) is 0 Å². The van der Waals surface area contributed by atoms with Crippen molar-refractivity contribution < 1.29 is 26.7 Å². The van der Waals surface area contributed by atoms with Gasteiger partial charge >= 0.3 is 15.5 Å². The van der Waals surface area contributed by atoms with E-state index in [2.05, 4.69) is 11.0 Å². The SMILES string of the molecule is C=CCCCCCC/C([O-])=N/S(=O)(=O)C(F)(F)F. The van der Waals surface area contributed by atoms with Gasteiger partial charge in [-0.05, 0) is 31.6 Å². The molecule has 0 rings (SSSR count). The summed E-state index contributed by atoms with van der Waals surface area (Å²) in [6.45, 7) is 3.53. The number of hydrogen-bond donors (Lipinski definition) is 0. The zero-order chi connectivity index (χ0) is 14.2. The molecule has 0 aliphatic heterocycles. The number of sulfonamides is 1. The second-order valence-corrected chi connectivity index (χ2v) is 5.24. The molecule has 4 nitrogen and oxygen atoms in total. The van der Waals surface area contributed by atoms with Gasteiger partial charge in [-0.2, -0.15) is 26.0 Å². The van der Waals surface area contributed by atoms with Gasteiger partial charge in [0.15, 0.2) is 0 Å². The number of alkyl halides is 3. The molecule has 0 spiro atoms. The van der Waals surface area contributed by atoms with E-state index in [0.717, 1.165) is 19.3 Å². The summed E-state index contributed by atoms with van der Waals surface area (Å²) in [4.78, 5) is 0.